The van der Waals surface area contributed by atoms with Crippen LogP contribution in [-0.2, 0) is 18.9 Å². The van der Waals surface area contributed by atoms with Crippen LogP contribution in [0.15, 0.2) is 0 Å². The van der Waals surface area contributed by atoms with E-state index in [1.807, 2.05) is 0 Å². The summed E-state index contributed by atoms with van der Waals surface area (Å²) in [4.78, 5) is 0. The fourth-order valence-electron chi connectivity index (χ4n) is 7.23. The van der Waals surface area contributed by atoms with E-state index in [1.54, 1.807) is 0 Å². The van der Waals surface area contributed by atoms with Gasteiger partial charge in [0, 0.05) is 12.3 Å². The van der Waals surface area contributed by atoms with Crippen molar-refractivity contribution in [2.24, 2.45) is 11.8 Å². The van der Waals surface area contributed by atoms with Crippen molar-refractivity contribution in [2.75, 3.05) is 6.61 Å². The van der Waals surface area contributed by atoms with Crippen LogP contribution in [0, 0.1) is 11.8 Å². The molecular weight excluding hydrogens is 596 g/mol. The summed E-state index contributed by atoms with van der Waals surface area (Å²) in [6.07, 6.45) is -25.3. The van der Waals surface area contributed by atoms with E-state index in [4.69, 9.17) is 23.7 Å². The average molecular weight is 644 g/mol. The Labute approximate surface area is 252 Å². The molecule has 19 atom stereocenters. The summed E-state index contributed by atoms with van der Waals surface area (Å²) in [5.41, 5.74) is 0. The van der Waals surface area contributed by atoms with Crippen LogP contribution >= 0.6 is 0 Å². The second kappa shape index (κ2) is 13.8. The molecule has 17 nitrogen and oxygen atoms in total. The third-order valence-electron chi connectivity index (χ3n) is 9.98. The number of ether oxygens (including phenoxy) is 5. The van der Waals surface area contributed by atoms with Gasteiger partial charge in [0.1, 0.15) is 61.0 Å². The molecule has 0 bridgehead atoms. The Hall–Kier alpha value is -0.680. The summed E-state index contributed by atoms with van der Waals surface area (Å²) in [5.74, 6) is -1.22. The number of rotatable bonds is 6. The van der Waals surface area contributed by atoms with Crippen molar-refractivity contribution >= 4 is 0 Å². The lowest BCUT2D eigenvalue weighted by molar-refractivity contribution is -0.365. The van der Waals surface area contributed by atoms with E-state index in [1.165, 1.54) is 6.92 Å². The normalized spacial score (nSPS) is 57.1. The predicted molar refractivity (Wildman–Crippen MR) is 141 cm³/mol. The van der Waals surface area contributed by atoms with E-state index in [9.17, 15) is 61.3 Å². The molecule has 5 aliphatic rings. The van der Waals surface area contributed by atoms with Crippen LogP contribution in [0.25, 0.3) is 0 Å². The molecule has 5 fully saturated rings. The van der Waals surface area contributed by atoms with Crippen molar-refractivity contribution in [2.45, 2.75) is 149 Å². The van der Waals surface area contributed by atoms with Gasteiger partial charge in [0.15, 0.2) is 24.8 Å². The SMILES string of the molecule is CC1OC(OCC2OC(OC3CC4C(CC(O)C(O)C4O)[OH+]C3C3CC(O)C(O)C(O)C3)C(O)C(O)C2O)C(O)C(O)C1O. The van der Waals surface area contributed by atoms with Crippen LogP contribution in [0.5, 0.6) is 0 Å². The summed E-state index contributed by atoms with van der Waals surface area (Å²) in [5, 5.41) is 124. The molecule has 0 radical (unpaired) electrons. The van der Waals surface area contributed by atoms with Gasteiger partial charge in [0.2, 0.25) is 0 Å². The minimum atomic E-state index is -1.79. The number of hydrogen-bond donors (Lipinski definition) is 12. The molecule has 3 saturated heterocycles. The lowest BCUT2D eigenvalue weighted by Gasteiger charge is -2.49. The molecule has 0 aromatic rings. The van der Waals surface area contributed by atoms with Gasteiger partial charge in [-0.05, 0) is 26.2 Å². The van der Waals surface area contributed by atoms with Gasteiger partial charge in [0.25, 0.3) is 0 Å². The zero-order valence-electron chi connectivity index (χ0n) is 24.1. The van der Waals surface area contributed by atoms with Crippen molar-refractivity contribution in [1.29, 1.82) is 0 Å². The quantitative estimate of drug-likeness (QED) is 0.120. The summed E-state index contributed by atoms with van der Waals surface area (Å²) in [6.45, 7) is 0.948. The summed E-state index contributed by atoms with van der Waals surface area (Å²) < 4.78 is 27.6. The molecule has 0 aromatic heterocycles. The van der Waals surface area contributed by atoms with E-state index in [0.29, 0.717) is 0 Å². The Bertz CT molecular complexity index is 934. The third kappa shape index (κ3) is 6.67. The zero-order chi connectivity index (χ0) is 32.2. The van der Waals surface area contributed by atoms with E-state index in [2.05, 4.69) is 0 Å². The predicted octanol–water partition coefficient (Wildman–Crippen LogP) is -6.71. The molecule has 256 valence electrons. The summed E-state index contributed by atoms with van der Waals surface area (Å²) in [6, 6.07) is 0. The lowest BCUT2D eigenvalue weighted by atomic mass is 9.71. The number of aliphatic hydroxyl groups is 14. The minimum Gasteiger partial charge on any atom is -0.427 e. The van der Waals surface area contributed by atoms with Gasteiger partial charge in [-0.15, -0.1) is 0 Å². The van der Waals surface area contributed by atoms with Crippen molar-refractivity contribution in [1.82, 2.24) is 0 Å². The second-order valence-electron chi connectivity index (χ2n) is 13.0. The highest BCUT2D eigenvalue weighted by Gasteiger charge is 2.57. The number of aliphatic hydroxyl groups excluding tert-OH is 12. The van der Waals surface area contributed by atoms with Gasteiger partial charge in [0.05, 0.1) is 43.0 Å². The van der Waals surface area contributed by atoms with Crippen LogP contribution < -0.4 is 0 Å². The second-order valence-corrected chi connectivity index (χ2v) is 13.0. The molecule has 44 heavy (non-hydrogen) atoms. The van der Waals surface area contributed by atoms with Gasteiger partial charge in [-0.3, -0.25) is 0 Å². The molecule has 17 heteroatoms. The van der Waals surface area contributed by atoms with Crippen LogP contribution in [0.2, 0.25) is 0 Å². The fraction of sp³-hybridized carbons (Fsp3) is 1.00. The van der Waals surface area contributed by atoms with Crippen molar-refractivity contribution in [3.63, 3.8) is 0 Å². The fourth-order valence-corrected chi connectivity index (χ4v) is 7.23. The molecule has 0 spiro atoms. The summed E-state index contributed by atoms with van der Waals surface area (Å²) in [7, 11) is 0. The van der Waals surface area contributed by atoms with E-state index < -0.39 is 135 Å². The maximum absolute atomic E-state index is 10.8. The highest BCUT2D eigenvalue weighted by atomic mass is 16.7. The standard InChI is InChI=1S/C27H46O17/c1-7-16(31)21(36)23(38)26(41-7)40-6-15-20(35)22(37)24(39)27(44-15)43-14-4-9-13(5-12(30)19(34)17(9)32)42-25(14)8-2-10(28)18(33)11(29)3-8/h7-39H,2-6H2,1H3/p+1. The van der Waals surface area contributed by atoms with Crippen LogP contribution in [0.1, 0.15) is 32.6 Å². The lowest BCUT2D eigenvalue weighted by Crippen LogP contribution is -2.65. The van der Waals surface area contributed by atoms with Gasteiger partial charge in [-0.25, -0.2) is 0 Å². The summed E-state index contributed by atoms with van der Waals surface area (Å²) >= 11 is 0. The molecule has 3 heterocycles. The molecule has 2 aliphatic carbocycles. The Kier molecular flexibility index (Phi) is 10.9. The smallest absolute Gasteiger partial charge is 0.187 e. The van der Waals surface area contributed by atoms with Crippen LogP contribution in [-0.4, -0.2) is 189 Å². The largest absolute Gasteiger partial charge is 0.427 e. The molecule has 19 unspecified atom stereocenters. The molecule has 2 saturated carbocycles. The van der Waals surface area contributed by atoms with Crippen LogP contribution in [0.3, 0.4) is 0 Å². The van der Waals surface area contributed by atoms with Crippen molar-refractivity contribution in [3.05, 3.63) is 0 Å². The maximum atomic E-state index is 10.8. The van der Waals surface area contributed by atoms with Crippen molar-refractivity contribution in [3.8, 4) is 0 Å². The minimum absolute atomic E-state index is 0.0337. The first-order valence-corrected chi connectivity index (χ1v) is 15.1. The van der Waals surface area contributed by atoms with E-state index in [-0.39, 0.29) is 25.7 Å². The highest BCUT2D eigenvalue weighted by molar-refractivity contribution is 5.01. The molecule has 3 aliphatic heterocycles. The zero-order valence-corrected chi connectivity index (χ0v) is 24.1. The molecular formula is C27H47O17+. The molecule has 0 amide bonds. The van der Waals surface area contributed by atoms with Gasteiger partial charge >= 0.3 is 0 Å². The topological polar surface area (TPSA) is 292 Å². The van der Waals surface area contributed by atoms with E-state index in [0.717, 1.165) is 0 Å². The van der Waals surface area contributed by atoms with Gasteiger partial charge in [-0.1, -0.05) is 0 Å². The Morgan fingerprint density at radius 2 is 1.18 bits per heavy atom. The maximum Gasteiger partial charge on any atom is 0.187 e. The first kappa shape index (κ1) is 34.6. The Morgan fingerprint density at radius 1 is 0.591 bits per heavy atom. The molecule has 13 N–H and O–H groups in total. The van der Waals surface area contributed by atoms with Gasteiger partial charge in [-0.2, -0.15) is 0 Å². The number of fused-ring (bicyclic) bond motifs is 1. The molecule has 5 rings (SSSR count). The average Bonchev–Trinajstić information content (AvgIpc) is 2.99. The first-order chi connectivity index (χ1) is 20.7. The van der Waals surface area contributed by atoms with Crippen molar-refractivity contribution < 1.29 is 85.0 Å². The first-order valence-electron chi connectivity index (χ1n) is 15.1. The monoisotopic (exact) mass is 643 g/mol. The van der Waals surface area contributed by atoms with Crippen LogP contribution in [0.4, 0.5) is 0 Å². The van der Waals surface area contributed by atoms with E-state index >= 15 is 0 Å². The molecule has 0 aromatic carbocycles. The van der Waals surface area contributed by atoms with Gasteiger partial charge < -0.3 is 85.0 Å². The Morgan fingerprint density at radius 3 is 1.84 bits per heavy atom. The Balaban J connectivity index is 1.32. The highest BCUT2D eigenvalue weighted by Crippen LogP contribution is 2.42. The third-order valence-corrected chi connectivity index (χ3v) is 9.98. The number of hydrogen-bond acceptors (Lipinski definition) is 16.